The van der Waals surface area contributed by atoms with E-state index in [1.165, 1.54) is 0 Å². The minimum absolute atomic E-state index is 0.748. The Balaban J connectivity index is 2.31. The molecule has 2 aliphatic rings. The van der Waals surface area contributed by atoms with Gasteiger partial charge in [-0.25, -0.2) is 0 Å². The van der Waals surface area contributed by atoms with Gasteiger partial charge >= 0.3 is 0 Å². The fourth-order valence-electron chi connectivity index (χ4n) is 2.80. The first-order chi connectivity index (χ1) is 12.5. The maximum Gasteiger partial charge on any atom is 0.263 e. The average Bonchev–Trinajstić information content (AvgIpc) is 2.62. The molecule has 8 N–H and O–H groups in total. The van der Waals surface area contributed by atoms with E-state index in [4.69, 9.17) is 19.7 Å². The summed E-state index contributed by atoms with van der Waals surface area (Å²) in [6, 6.07) is 0. The van der Waals surface area contributed by atoms with Crippen molar-refractivity contribution in [2.24, 2.45) is 5.11 Å². The van der Waals surface area contributed by atoms with Crippen LogP contribution in [0.4, 0.5) is 0 Å². The summed E-state index contributed by atoms with van der Waals surface area (Å²) in [6.07, 6.45) is -13.9. The van der Waals surface area contributed by atoms with Crippen LogP contribution in [0, 0.1) is 0 Å². The summed E-state index contributed by atoms with van der Waals surface area (Å²) in [7, 11) is 0. The molecule has 27 heavy (non-hydrogen) atoms. The number of alkyl halides is 1. The summed E-state index contributed by atoms with van der Waals surface area (Å²) in [5.74, 6) is 0. The van der Waals surface area contributed by atoms with Crippen LogP contribution in [0.1, 0.15) is 0 Å². The number of hydrogen-bond donors (Lipinski definition) is 8. The van der Waals surface area contributed by atoms with Gasteiger partial charge in [0, 0.05) is 4.91 Å². The third-order valence-electron chi connectivity index (χ3n) is 4.37. The molecule has 2 aliphatic heterocycles. The largest absolute Gasteiger partial charge is 0.394 e. The molecule has 0 aromatic heterocycles. The van der Waals surface area contributed by atoms with E-state index in [0.717, 1.165) is 0 Å². The lowest BCUT2D eigenvalue weighted by Crippen LogP contribution is -2.71. The average molecular weight is 462 g/mol. The van der Waals surface area contributed by atoms with Gasteiger partial charge < -0.3 is 55.1 Å². The van der Waals surface area contributed by atoms with Crippen molar-refractivity contribution in [3.63, 3.8) is 0 Å². The van der Waals surface area contributed by atoms with Crippen LogP contribution in [0.2, 0.25) is 0 Å². The normalized spacial score (nSPS) is 50.9. The van der Waals surface area contributed by atoms with E-state index in [0.29, 0.717) is 0 Å². The van der Waals surface area contributed by atoms with Crippen molar-refractivity contribution in [1.29, 1.82) is 0 Å². The number of hydrogen-bond acceptors (Lipinski definition) is 12. The van der Waals surface area contributed by atoms with Gasteiger partial charge in [0.15, 0.2) is 6.29 Å². The molecule has 2 fully saturated rings. The Bertz CT molecular complexity index is 577. The zero-order chi connectivity index (χ0) is 20.6. The van der Waals surface area contributed by atoms with Crippen LogP contribution in [-0.4, -0.2) is 114 Å². The monoisotopic (exact) mass is 461 g/mol. The van der Waals surface area contributed by atoms with Gasteiger partial charge in [0.1, 0.15) is 42.7 Å². The van der Waals surface area contributed by atoms with Gasteiger partial charge in [-0.15, -0.1) is 0 Å². The molecule has 0 bridgehead atoms. The van der Waals surface area contributed by atoms with Crippen LogP contribution in [-0.2, 0) is 14.2 Å². The van der Waals surface area contributed by atoms with Crippen molar-refractivity contribution in [3.05, 3.63) is 10.4 Å². The van der Waals surface area contributed by atoms with Crippen LogP contribution in [0.3, 0.4) is 0 Å². The highest BCUT2D eigenvalue weighted by molar-refractivity contribution is 9.10. The second kappa shape index (κ2) is 8.38. The molecule has 1 unspecified atom stereocenters. The van der Waals surface area contributed by atoms with E-state index < -0.39 is 72.7 Å². The van der Waals surface area contributed by atoms with Gasteiger partial charge in [0.25, 0.3) is 4.70 Å². The predicted octanol–water partition coefficient (Wildman–Crippen LogP) is -4.04. The summed E-state index contributed by atoms with van der Waals surface area (Å²) in [6.45, 7) is -1.61. The Morgan fingerprint density at radius 1 is 1.04 bits per heavy atom. The predicted molar refractivity (Wildman–Crippen MR) is 84.6 cm³/mol. The highest BCUT2D eigenvalue weighted by Gasteiger charge is 2.64. The van der Waals surface area contributed by atoms with Gasteiger partial charge in [0.05, 0.1) is 13.2 Å². The van der Waals surface area contributed by atoms with Crippen LogP contribution in [0.5, 0.6) is 0 Å². The van der Waals surface area contributed by atoms with Gasteiger partial charge in [0.2, 0.25) is 5.72 Å². The van der Waals surface area contributed by atoms with Crippen molar-refractivity contribution < 1.29 is 55.1 Å². The summed E-state index contributed by atoms with van der Waals surface area (Å²) < 4.78 is 12.6. The molecule has 0 aromatic carbocycles. The first-order valence-corrected chi connectivity index (χ1v) is 8.46. The van der Waals surface area contributed by atoms with Crippen molar-refractivity contribution in [2.75, 3.05) is 13.2 Å². The van der Waals surface area contributed by atoms with E-state index in [9.17, 15) is 40.9 Å². The van der Waals surface area contributed by atoms with E-state index in [-0.39, 0.29) is 0 Å². The van der Waals surface area contributed by atoms with Gasteiger partial charge in [-0.3, -0.25) is 0 Å². The van der Waals surface area contributed by atoms with E-state index in [1.54, 1.807) is 0 Å². The zero-order valence-corrected chi connectivity index (χ0v) is 15.1. The van der Waals surface area contributed by atoms with Crippen LogP contribution in [0.25, 0.3) is 10.4 Å². The molecular formula is C12H20BrN3O11. The van der Waals surface area contributed by atoms with Crippen molar-refractivity contribution in [1.82, 2.24) is 0 Å². The number of azide groups is 1. The van der Waals surface area contributed by atoms with Gasteiger partial charge in [-0.1, -0.05) is 0 Å². The third-order valence-corrected chi connectivity index (χ3v) is 5.14. The molecular weight excluding hydrogens is 442 g/mol. The lowest BCUT2D eigenvalue weighted by molar-refractivity contribution is -0.381. The second-order valence-electron chi connectivity index (χ2n) is 6.06. The second-order valence-corrected chi connectivity index (χ2v) is 7.13. The van der Waals surface area contributed by atoms with Crippen molar-refractivity contribution in [2.45, 2.75) is 59.4 Å². The quantitative estimate of drug-likeness (QED) is 0.0847. The van der Waals surface area contributed by atoms with E-state index in [1.807, 2.05) is 0 Å². The summed E-state index contributed by atoms with van der Waals surface area (Å²) in [4.78, 5) is 2.31. The summed E-state index contributed by atoms with van der Waals surface area (Å²) >= 11 is 2.55. The molecule has 0 aliphatic carbocycles. The fourth-order valence-corrected chi connectivity index (χ4v) is 3.35. The molecule has 0 saturated carbocycles. The Morgan fingerprint density at radius 2 is 1.63 bits per heavy atom. The fraction of sp³-hybridized carbons (Fsp3) is 1.00. The van der Waals surface area contributed by atoms with E-state index in [2.05, 4.69) is 26.0 Å². The number of aliphatic hydroxyl groups is 8. The number of rotatable bonds is 5. The SMILES string of the molecule is [N-]=[N+]=N[C@@]1(O)[C@@H](O)[C@H](O[C@@H]2O[C@H](CO)[C@H](O)[C@H](O)[C@H]2O)[C@@H](CO)OC1(O)Br. The lowest BCUT2D eigenvalue weighted by atomic mass is 9.93. The number of halogens is 1. The highest BCUT2D eigenvalue weighted by atomic mass is 79.9. The Hall–Kier alpha value is -0.650. The topological polar surface area (TPSA) is 238 Å². The highest BCUT2D eigenvalue weighted by Crippen LogP contribution is 2.43. The molecule has 0 radical (unpaired) electrons. The Labute approximate surface area is 159 Å². The minimum Gasteiger partial charge on any atom is -0.394 e. The number of aliphatic hydroxyl groups excluding tert-OH is 6. The molecule has 0 spiro atoms. The third kappa shape index (κ3) is 3.92. The van der Waals surface area contributed by atoms with Crippen LogP contribution >= 0.6 is 15.9 Å². The number of nitrogens with zero attached hydrogens (tertiary/aromatic N) is 3. The summed E-state index contributed by atoms with van der Waals surface area (Å²) in [5, 5.41) is 81.9. The molecule has 2 saturated heterocycles. The molecule has 0 aromatic rings. The van der Waals surface area contributed by atoms with Crippen LogP contribution < -0.4 is 0 Å². The lowest BCUT2D eigenvalue weighted by Gasteiger charge is -2.50. The molecule has 0 amide bonds. The van der Waals surface area contributed by atoms with Crippen molar-refractivity contribution >= 4 is 15.9 Å². The molecule has 15 heteroatoms. The van der Waals surface area contributed by atoms with Gasteiger partial charge in [-0.05, 0) is 26.6 Å². The van der Waals surface area contributed by atoms with Crippen LogP contribution in [0.15, 0.2) is 5.11 Å². The number of ether oxygens (including phenoxy) is 3. The van der Waals surface area contributed by atoms with Gasteiger partial charge in [-0.2, -0.15) is 0 Å². The minimum atomic E-state index is -3.02. The Kier molecular flexibility index (Phi) is 7.03. The first kappa shape index (κ1) is 22.6. The smallest absolute Gasteiger partial charge is 0.263 e. The first-order valence-electron chi connectivity index (χ1n) is 7.66. The van der Waals surface area contributed by atoms with Crippen molar-refractivity contribution in [3.8, 4) is 0 Å². The summed E-state index contributed by atoms with van der Waals surface area (Å²) in [5.41, 5.74) is 5.57. The standard InChI is InChI=1S/C12H20BrN3O11/c13-12(24)11(23,15-16-14)9(22)8(4(2-18)27-12)26-10-7(21)6(20)5(19)3(1-17)25-10/h3-10,17-24H,1-2H2/t3-,4-,5+,6+,7-,8-,9+,10+,11-,12?/m1/s1. The molecule has 14 nitrogen and oxygen atoms in total. The zero-order valence-electron chi connectivity index (χ0n) is 13.6. The maximum atomic E-state index is 10.4. The molecule has 2 heterocycles. The molecule has 156 valence electrons. The Morgan fingerprint density at radius 3 is 2.15 bits per heavy atom. The molecule has 2 rings (SSSR count). The molecule has 10 atom stereocenters. The maximum absolute atomic E-state index is 10.4. The van der Waals surface area contributed by atoms with E-state index >= 15 is 0 Å².